The highest BCUT2D eigenvalue weighted by molar-refractivity contribution is 5.43. The van der Waals surface area contributed by atoms with Gasteiger partial charge in [0.1, 0.15) is 0 Å². The van der Waals surface area contributed by atoms with Gasteiger partial charge in [0.05, 0.1) is 13.7 Å². The van der Waals surface area contributed by atoms with Crippen molar-refractivity contribution in [2.75, 3.05) is 13.7 Å². The summed E-state index contributed by atoms with van der Waals surface area (Å²) in [7, 11) is 1.71. The molecule has 0 saturated heterocycles. The van der Waals surface area contributed by atoms with Crippen molar-refractivity contribution in [3.8, 4) is 11.5 Å². The van der Waals surface area contributed by atoms with E-state index in [1.807, 2.05) is 12.1 Å². The summed E-state index contributed by atoms with van der Waals surface area (Å²) in [6, 6.07) is 17.3. The lowest BCUT2D eigenvalue weighted by Gasteiger charge is -2.23. The second-order valence-electron chi connectivity index (χ2n) is 6.79. The normalized spacial score (nSPS) is 15.1. The summed E-state index contributed by atoms with van der Waals surface area (Å²) in [5, 5.41) is 3.68. The molecule has 2 aromatic carbocycles. The predicted molar refractivity (Wildman–Crippen MR) is 102 cm³/mol. The number of rotatable bonds is 8. The summed E-state index contributed by atoms with van der Waals surface area (Å²) in [5.41, 5.74) is 2.53. The third-order valence-corrected chi connectivity index (χ3v) is 4.92. The Labute approximate surface area is 151 Å². The molecule has 0 radical (unpaired) electrons. The molecule has 0 unspecified atom stereocenters. The number of nitrogens with one attached hydrogen (secondary N) is 1. The van der Waals surface area contributed by atoms with Gasteiger partial charge in [0.25, 0.3) is 0 Å². The average Bonchev–Trinajstić information content (AvgIpc) is 2.68. The van der Waals surface area contributed by atoms with Gasteiger partial charge in [-0.25, -0.2) is 0 Å². The summed E-state index contributed by atoms with van der Waals surface area (Å²) >= 11 is 0. The zero-order chi connectivity index (χ0) is 17.3. The third-order valence-electron chi connectivity index (χ3n) is 4.92. The van der Waals surface area contributed by atoms with Crippen molar-refractivity contribution < 1.29 is 9.47 Å². The van der Waals surface area contributed by atoms with Crippen LogP contribution < -0.4 is 14.8 Å². The molecule has 3 rings (SSSR count). The Hall–Kier alpha value is -2.00. The summed E-state index contributed by atoms with van der Waals surface area (Å²) < 4.78 is 11.5. The standard InChI is InChI=1S/C22H29NO2/c1-24-22-16-19(17-23-20-10-6-3-7-11-20)12-13-21(22)25-15-14-18-8-4-2-5-9-18/h2,4-5,8-9,12-13,16,20,23H,3,6-7,10-11,14-15,17H2,1H3. The first kappa shape index (κ1) is 17.8. The fourth-order valence-electron chi connectivity index (χ4n) is 3.43. The van der Waals surface area contributed by atoms with Crippen LogP contribution in [-0.2, 0) is 13.0 Å². The van der Waals surface area contributed by atoms with Crippen LogP contribution in [0.15, 0.2) is 48.5 Å². The Balaban J connectivity index is 1.51. The molecule has 1 aliphatic rings. The van der Waals surface area contributed by atoms with Crippen molar-refractivity contribution >= 4 is 0 Å². The average molecular weight is 339 g/mol. The van der Waals surface area contributed by atoms with Crippen LogP contribution in [0.1, 0.15) is 43.2 Å². The highest BCUT2D eigenvalue weighted by Crippen LogP contribution is 2.28. The summed E-state index contributed by atoms with van der Waals surface area (Å²) in [4.78, 5) is 0. The number of methoxy groups -OCH3 is 1. The molecule has 134 valence electrons. The van der Waals surface area contributed by atoms with E-state index in [0.29, 0.717) is 12.6 Å². The Morgan fingerprint density at radius 3 is 2.48 bits per heavy atom. The number of ether oxygens (including phenoxy) is 2. The molecule has 1 N–H and O–H groups in total. The van der Waals surface area contributed by atoms with Gasteiger partial charge in [0, 0.05) is 19.0 Å². The highest BCUT2D eigenvalue weighted by atomic mass is 16.5. The zero-order valence-corrected chi connectivity index (χ0v) is 15.2. The van der Waals surface area contributed by atoms with E-state index in [0.717, 1.165) is 24.5 Å². The van der Waals surface area contributed by atoms with E-state index >= 15 is 0 Å². The topological polar surface area (TPSA) is 30.5 Å². The molecule has 0 aromatic heterocycles. The largest absolute Gasteiger partial charge is 0.493 e. The van der Waals surface area contributed by atoms with Gasteiger partial charge < -0.3 is 14.8 Å². The van der Waals surface area contributed by atoms with Crippen molar-refractivity contribution in [1.82, 2.24) is 5.32 Å². The van der Waals surface area contributed by atoms with E-state index in [9.17, 15) is 0 Å². The molecule has 2 aromatic rings. The quantitative estimate of drug-likeness (QED) is 0.753. The lowest BCUT2D eigenvalue weighted by Crippen LogP contribution is -2.30. The lowest BCUT2D eigenvalue weighted by atomic mass is 9.95. The lowest BCUT2D eigenvalue weighted by molar-refractivity contribution is 0.297. The van der Waals surface area contributed by atoms with Gasteiger partial charge in [-0.05, 0) is 36.1 Å². The maximum Gasteiger partial charge on any atom is 0.161 e. The smallest absolute Gasteiger partial charge is 0.161 e. The van der Waals surface area contributed by atoms with E-state index in [1.54, 1.807) is 7.11 Å². The van der Waals surface area contributed by atoms with Gasteiger partial charge in [-0.3, -0.25) is 0 Å². The van der Waals surface area contributed by atoms with Gasteiger partial charge in [0.15, 0.2) is 11.5 Å². The Bertz CT molecular complexity index is 636. The van der Waals surface area contributed by atoms with Crippen LogP contribution >= 0.6 is 0 Å². The second kappa shape index (κ2) is 9.47. The zero-order valence-electron chi connectivity index (χ0n) is 15.2. The molecule has 0 spiro atoms. The highest BCUT2D eigenvalue weighted by Gasteiger charge is 2.13. The fourth-order valence-corrected chi connectivity index (χ4v) is 3.43. The molecule has 1 fully saturated rings. The molecule has 1 aliphatic carbocycles. The van der Waals surface area contributed by atoms with Crippen LogP contribution in [0, 0.1) is 0 Å². The van der Waals surface area contributed by atoms with E-state index in [1.165, 1.54) is 43.2 Å². The molecule has 0 atom stereocenters. The first-order chi connectivity index (χ1) is 12.3. The van der Waals surface area contributed by atoms with Crippen molar-refractivity contribution in [3.63, 3.8) is 0 Å². The van der Waals surface area contributed by atoms with Crippen molar-refractivity contribution in [1.29, 1.82) is 0 Å². The van der Waals surface area contributed by atoms with E-state index in [2.05, 4.69) is 41.7 Å². The second-order valence-corrected chi connectivity index (χ2v) is 6.79. The molecule has 0 bridgehead atoms. The Morgan fingerprint density at radius 1 is 0.920 bits per heavy atom. The minimum absolute atomic E-state index is 0.653. The van der Waals surface area contributed by atoms with E-state index in [-0.39, 0.29) is 0 Å². The Morgan fingerprint density at radius 2 is 1.72 bits per heavy atom. The molecule has 25 heavy (non-hydrogen) atoms. The van der Waals surface area contributed by atoms with Gasteiger partial charge in [-0.1, -0.05) is 55.7 Å². The number of hydrogen-bond donors (Lipinski definition) is 1. The van der Waals surface area contributed by atoms with Crippen molar-refractivity contribution in [3.05, 3.63) is 59.7 Å². The maximum absolute atomic E-state index is 5.94. The van der Waals surface area contributed by atoms with Gasteiger partial charge in [-0.15, -0.1) is 0 Å². The summed E-state index contributed by atoms with van der Waals surface area (Å²) in [6.45, 7) is 1.55. The minimum Gasteiger partial charge on any atom is -0.493 e. The first-order valence-electron chi connectivity index (χ1n) is 9.42. The van der Waals surface area contributed by atoms with Crippen molar-refractivity contribution in [2.24, 2.45) is 0 Å². The molecule has 0 aliphatic heterocycles. The van der Waals surface area contributed by atoms with Crippen LogP contribution in [0.3, 0.4) is 0 Å². The van der Waals surface area contributed by atoms with E-state index < -0.39 is 0 Å². The van der Waals surface area contributed by atoms with Crippen molar-refractivity contribution in [2.45, 2.75) is 51.1 Å². The fraction of sp³-hybridized carbons (Fsp3) is 0.455. The van der Waals surface area contributed by atoms with Crippen LogP contribution in [0.4, 0.5) is 0 Å². The summed E-state index contributed by atoms with van der Waals surface area (Å²) in [6.07, 6.45) is 7.61. The van der Waals surface area contributed by atoms with Gasteiger partial charge in [0.2, 0.25) is 0 Å². The minimum atomic E-state index is 0.653. The molecule has 3 heteroatoms. The van der Waals surface area contributed by atoms with Crippen LogP contribution in [0.2, 0.25) is 0 Å². The molecule has 1 saturated carbocycles. The van der Waals surface area contributed by atoms with Gasteiger partial charge >= 0.3 is 0 Å². The van der Waals surface area contributed by atoms with Crippen LogP contribution in [0.25, 0.3) is 0 Å². The van der Waals surface area contributed by atoms with Crippen LogP contribution in [-0.4, -0.2) is 19.8 Å². The van der Waals surface area contributed by atoms with E-state index in [4.69, 9.17) is 9.47 Å². The molecule has 0 heterocycles. The molecule has 0 amide bonds. The first-order valence-corrected chi connectivity index (χ1v) is 9.42. The SMILES string of the molecule is COc1cc(CNC2CCCCC2)ccc1OCCc1ccccc1. The van der Waals surface area contributed by atoms with Crippen LogP contribution in [0.5, 0.6) is 11.5 Å². The molecule has 3 nitrogen and oxygen atoms in total. The third kappa shape index (κ3) is 5.50. The number of benzene rings is 2. The molecular weight excluding hydrogens is 310 g/mol. The Kier molecular flexibility index (Phi) is 6.75. The predicted octanol–water partition coefficient (Wildman–Crippen LogP) is 4.74. The van der Waals surface area contributed by atoms with Gasteiger partial charge in [-0.2, -0.15) is 0 Å². The number of hydrogen-bond acceptors (Lipinski definition) is 3. The monoisotopic (exact) mass is 339 g/mol. The maximum atomic E-state index is 5.94. The molecular formula is C22H29NO2. The summed E-state index contributed by atoms with van der Waals surface area (Å²) in [5.74, 6) is 1.64.